The van der Waals surface area contributed by atoms with Crippen molar-refractivity contribution in [2.75, 3.05) is 40.3 Å². The van der Waals surface area contributed by atoms with E-state index in [1.807, 2.05) is 25.1 Å². The average Bonchev–Trinajstić information content (AvgIpc) is 3.02. The molecule has 0 radical (unpaired) electrons. The summed E-state index contributed by atoms with van der Waals surface area (Å²) in [5.74, 6) is 0.622. The SMILES string of the molecule is Cc1c(C(=O)N2CCN(C(=O)N(C)C)CC2)cnn1-c1ccccn1. The fourth-order valence-corrected chi connectivity index (χ4v) is 2.88. The molecule has 1 aliphatic rings. The molecule has 2 aromatic rings. The Morgan fingerprint density at radius 3 is 2.36 bits per heavy atom. The third-order valence-corrected chi connectivity index (χ3v) is 4.33. The van der Waals surface area contributed by atoms with Crippen LogP contribution in [0.25, 0.3) is 5.82 Å². The summed E-state index contributed by atoms with van der Waals surface area (Å²) in [5, 5.41) is 4.30. The quantitative estimate of drug-likeness (QED) is 0.816. The third-order valence-electron chi connectivity index (χ3n) is 4.33. The maximum Gasteiger partial charge on any atom is 0.319 e. The molecule has 1 aliphatic heterocycles. The summed E-state index contributed by atoms with van der Waals surface area (Å²) < 4.78 is 1.67. The Kier molecular flexibility index (Phi) is 4.69. The average molecular weight is 342 g/mol. The largest absolute Gasteiger partial charge is 0.335 e. The van der Waals surface area contributed by atoms with Crippen molar-refractivity contribution in [1.29, 1.82) is 0 Å². The Morgan fingerprint density at radius 2 is 1.76 bits per heavy atom. The number of piperazine rings is 1. The van der Waals surface area contributed by atoms with Gasteiger partial charge in [-0.2, -0.15) is 5.10 Å². The van der Waals surface area contributed by atoms with E-state index < -0.39 is 0 Å². The highest BCUT2D eigenvalue weighted by molar-refractivity contribution is 5.95. The number of hydrogen-bond donors (Lipinski definition) is 0. The smallest absolute Gasteiger partial charge is 0.319 e. The lowest BCUT2D eigenvalue weighted by atomic mass is 10.2. The lowest BCUT2D eigenvalue weighted by Gasteiger charge is -2.35. The van der Waals surface area contributed by atoms with Crippen LogP contribution < -0.4 is 0 Å². The van der Waals surface area contributed by atoms with Crippen molar-refractivity contribution in [3.05, 3.63) is 41.9 Å². The topological polar surface area (TPSA) is 74.6 Å². The molecule has 0 spiro atoms. The van der Waals surface area contributed by atoms with Crippen LogP contribution in [0, 0.1) is 6.92 Å². The van der Waals surface area contributed by atoms with Gasteiger partial charge in [0.2, 0.25) is 0 Å². The Bertz CT molecular complexity index is 763. The Balaban J connectivity index is 1.71. The molecule has 0 unspecified atom stereocenters. The van der Waals surface area contributed by atoms with E-state index in [2.05, 4.69) is 10.1 Å². The molecule has 0 bridgehead atoms. The Hall–Kier alpha value is -2.90. The van der Waals surface area contributed by atoms with Crippen molar-refractivity contribution in [3.8, 4) is 5.82 Å². The molecule has 0 aliphatic carbocycles. The minimum atomic E-state index is -0.0587. The van der Waals surface area contributed by atoms with E-state index in [4.69, 9.17) is 0 Å². The van der Waals surface area contributed by atoms with Crippen LogP contribution in [-0.2, 0) is 0 Å². The Morgan fingerprint density at radius 1 is 1.08 bits per heavy atom. The molecule has 8 heteroatoms. The standard InChI is InChI=1S/C17H22N6O2/c1-13-14(12-19-23(13)15-6-4-5-7-18-15)16(24)21-8-10-22(11-9-21)17(25)20(2)3/h4-7,12H,8-11H2,1-3H3. The molecule has 0 N–H and O–H groups in total. The van der Waals surface area contributed by atoms with Gasteiger partial charge in [0.15, 0.2) is 5.82 Å². The molecule has 3 rings (SSSR count). The molecule has 25 heavy (non-hydrogen) atoms. The second-order valence-electron chi connectivity index (χ2n) is 6.20. The monoisotopic (exact) mass is 342 g/mol. The van der Waals surface area contributed by atoms with E-state index in [0.29, 0.717) is 37.6 Å². The van der Waals surface area contributed by atoms with Crippen molar-refractivity contribution in [1.82, 2.24) is 29.5 Å². The van der Waals surface area contributed by atoms with Crippen LogP contribution in [0.3, 0.4) is 0 Å². The van der Waals surface area contributed by atoms with Crippen LogP contribution in [-0.4, -0.2) is 81.7 Å². The van der Waals surface area contributed by atoms with Crippen LogP contribution in [0.2, 0.25) is 0 Å². The van der Waals surface area contributed by atoms with E-state index in [0.717, 1.165) is 5.69 Å². The summed E-state index contributed by atoms with van der Waals surface area (Å²) in [6, 6.07) is 5.54. The number of carbonyl (C=O) groups excluding carboxylic acids is 2. The number of urea groups is 1. The fraction of sp³-hybridized carbons (Fsp3) is 0.412. The highest BCUT2D eigenvalue weighted by atomic mass is 16.2. The van der Waals surface area contributed by atoms with Crippen LogP contribution in [0.5, 0.6) is 0 Å². The number of pyridine rings is 1. The first-order valence-corrected chi connectivity index (χ1v) is 8.20. The zero-order valence-electron chi connectivity index (χ0n) is 14.7. The van der Waals surface area contributed by atoms with Gasteiger partial charge >= 0.3 is 6.03 Å². The summed E-state index contributed by atoms with van der Waals surface area (Å²) in [7, 11) is 3.46. The van der Waals surface area contributed by atoms with E-state index in [1.54, 1.807) is 45.9 Å². The van der Waals surface area contributed by atoms with Crippen LogP contribution >= 0.6 is 0 Å². The minimum Gasteiger partial charge on any atom is -0.335 e. The first kappa shape index (κ1) is 16.9. The normalized spacial score (nSPS) is 14.5. The van der Waals surface area contributed by atoms with Crippen LogP contribution in [0.1, 0.15) is 16.1 Å². The molecule has 1 saturated heterocycles. The summed E-state index contributed by atoms with van der Waals surface area (Å²) in [6.45, 7) is 3.98. The highest BCUT2D eigenvalue weighted by Crippen LogP contribution is 2.16. The zero-order valence-corrected chi connectivity index (χ0v) is 14.7. The highest BCUT2D eigenvalue weighted by Gasteiger charge is 2.27. The Labute approximate surface area is 146 Å². The van der Waals surface area contributed by atoms with Gasteiger partial charge in [-0.3, -0.25) is 4.79 Å². The summed E-state index contributed by atoms with van der Waals surface area (Å²) in [6.07, 6.45) is 3.28. The fourth-order valence-electron chi connectivity index (χ4n) is 2.88. The van der Waals surface area contributed by atoms with Gasteiger partial charge in [0.05, 0.1) is 17.5 Å². The van der Waals surface area contributed by atoms with E-state index >= 15 is 0 Å². The molecule has 8 nitrogen and oxygen atoms in total. The van der Waals surface area contributed by atoms with Gasteiger partial charge in [-0.25, -0.2) is 14.5 Å². The third kappa shape index (κ3) is 3.33. The van der Waals surface area contributed by atoms with Gasteiger partial charge < -0.3 is 14.7 Å². The summed E-state index contributed by atoms with van der Waals surface area (Å²) in [5.41, 5.74) is 1.33. The summed E-state index contributed by atoms with van der Waals surface area (Å²) >= 11 is 0. The molecular formula is C17H22N6O2. The van der Waals surface area contributed by atoms with Crippen LogP contribution in [0.15, 0.2) is 30.6 Å². The molecule has 3 heterocycles. The van der Waals surface area contributed by atoms with Gasteiger partial charge in [-0.1, -0.05) is 6.07 Å². The van der Waals surface area contributed by atoms with Gasteiger partial charge in [0, 0.05) is 46.5 Å². The molecule has 2 aromatic heterocycles. The van der Waals surface area contributed by atoms with Crippen molar-refractivity contribution in [3.63, 3.8) is 0 Å². The molecule has 1 fully saturated rings. The number of amides is 3. The van der Waals surface area contributed by atoms with Crippen molar-refractivity contribution in [2.45, 2.75) is 6.92 Å². The number of carbonyl (C=O) groups is 2. The second kappa shape index (κ2) is 6.92. The molecule has 0 aromatic carbocycles. The molecule has 0 atom stereocenters. The van der Waals surface area contributed by atoms with Crippen LogP contribution in [0.4, 0.5) is 4.79 Å². The number of aromatic nitrogens is 3. The van der Waals surface area contributed by atoms with Gasteiger partial charge in [-0.15, -0.1) is 0 Å². The van der Waals surface area contributed by atoms with Crippen molar-refractivity contribution in [2.24, 2.45) is 0 Å². The first-order chi connectivity index (χ1) is 12.0. The summed E-state index contributed by atoms with van der Waals surface area (Å²) in [4.78, 5) is 34.2. The van der Waals surface area contributed by atoms with Gasteiger partial charge in [0.25, 0.3) is 5.91 Å². The zero-order chi connectivity index (χ0) is 18.0. The predicted molar refractivity (Wildman–Crippen MR) is 92.7 cm³/mol. The number of nitrogens with zero attached hydrogens (tertiary/aromatic N) is 6. The predicted octanol–water partition coefficient (Wildman–Crippen LogP) is 1.02. The lowest BCUT2D eigenvalue weighted by Crippen LogP contribution is -2.52. The second-order valence-corrected chi connectivity index (χ2v) is 6.20. The molecule has 3 amide bonds. The maximum absolute atomic E-state index is 12.8. The molecular weight excluding hydrogens is 320 g/mol. The maximum atomic E-state index is 12.8. The van der Waals surface area contributed by atoms with Crippen molar-refractivity contribution < 1.29 is 9.59 Å². The van der Waals surface area contributed by atoms with E-state index in [9.17, 15) is 9.59 Å². The first-order valence-electron chi connectivity index (χ1n) is 8.20. The van der Waals surface area contributed by atoms with E-state index in [1.165, 1.54) is 0 Å². The van der Waals surface area contributed by atoms with Crippen molar-refractivity contribution >= 4 is 11.9 Å². The lowest BCUT2D eigenvalue weighted by molar-refractivity contribution is 0.0649. The number of hydrogen-bond acceptors (Lipinski definition) is 4. The van der Waals surface area contributed by atoms with E-state index in [-0.39, 0.29) is 11.9 Å². The van der Waals surface area contributed by atoms with Gasteiger partial charge in [-0.05, 0) is 19.1 Å². The number of rotatable bonds is 2. The molecule has 0 saturated carbocycles. The molecule has 132 valence electrons. The van der Waals surface area contributed by atoms with Gasteiger partial charge in [0.1, 0.15) is 0 Å². The minimum absolute atomic E-state index is 0.0220.